The average Bonchev–Trinajstić information content (AvgIpc) is 2.92. The Hall–Kier alpha value is -1.68. The molecular formula is C14H20N4. The number of imidazole rings is 1. The molecule has 0 saturated carbocycles. The van der Waals surface area contributed by atoms with Crippen molar-refractivity contribution in [1.82, 2.24) is 19.4 Å². The van der Waals surface area contributed by atoms with Crippen molar-refractivity contribution < 1.29 is 0 Å². The van der Waals surface area contributed by atoms with Crippen LogP contribution in [0.25, 0.3) is 0 Å². The van der Waals surface area contributed by atoms with Crippen LogP contribution in [0.5, 0.6) is 0 Å². The number of hydrogen-bond acceptors (Lipinski definition) is 3. The van der Waals surface area contributed by atoms with Gasteiger partial charge in [-0.2, -0.15) is 0 Å². The molecule has 4 heteroatoms. The van der Waals surface area contributed by atoms with E-state index in [1.165, 1.54) is 0 Å². The maximum Gasteiger partial charge on any atom is 0.0945 e. The first kappa shape index (κ1) is 12.8. The number of hydrogen-bond donors (Lipinski definition) is 0. The van der Waals surface area contributed by atoms with Gasteiger partial charge in [0.05, 0.1) is 12.0 Å². The van der Waals surface area contributed by atoms with E-state index in [1.807, 2.05) is 37.1 Å². The maximum atomic E-state index is 4.40. The number of aromatic nitrogens is 3. The standard InChI is InChI=1S/C14H20N4/c1-13(14-6-3-4-7-16-14)17(2)9-5-10-18-11-8-15-12-18/h3-4,6-8,11-13H,5,9-10H2,1-2H3/t13-/m0/s1. The van der Waals surface area contributed by atoms with E-state index in [2.05, 4.69) is 39.5 Å². The van der Waals surface area contributed by atoms with Gasteiger partial charge in [0.25, 0.3) is 0 Å². The van der Waals surface area contributed by atoms with Gasteiger partial charge in [-0.05, 0) is 32.5 Å². The van der Waals surface area contributed by atoms with Crippen molar-refractivity contribution >= 4 is 0 Å². The molecular weight excluding hydrogens is 224 g/mol. The first-order chi connectivity index (χ1) is 8.77. The lowest BCUT2D eigenvalue weighted by molar-refractivity contribution is 0.249. The molecule has 18 heavy (non-hydrogen) atoms. The van der Waals surface area contributed by atoms with Crippen LogP contribution in [0, 0.1) is 0 Å². The smallest absolute Gasteiger partial charge is 0.0945 e. The molecule has 0 saturated heterocycles. The van der Waals surface area contributed by atoms with Crippen molar-refractivity contribution in [3.8, 4) is 0 Å². The van der Waals surface area contributed by atoms with E-state index in [0.29, 0.717) is 6.04 Å². The fourth-order valence-corrected chi connectivity index (χ4v) is 1.96. The van der Waals surface area contributed by atoms with Crippen molar-refractivity contribution in [3.63, 3.8) is 0 Å². The molecule has 0 aliphatic heterocycles. The van der Waals surface area contributed by atoms with Crippen molar-refractivity contribution in [2.75, 3.05) is 13.6 Å². The van der Waals surface area contributed by atoms with Gasteiger partial charge in [-0.25, -0.2) is 4.98 Å². The third kappa shape index (κ3) is 3.40. The zero-order valence-electron chi connectivity index (χ0n) is 11.0. The fourth-order valence-electron chi connectivity index (χ4n) is 1.96. The third-order valence-corrected chi connectivity index (χ3v) is 3.26. The van der Waals surface area contributed by atoms with Gasteiger partial charge in [0, 0.05) is 37.7 Å². The Kier molecular flexibility index (Phi) is 4.47. The minimum absolute atomic E-state index is 0.356. The maximum absolute atomic E-state index is 4.40. The van der Waals surface area contributed by atoms with Gasteiger partial charge in [0.2, 0.25) is 0 Å². The quantitative estimate of drug-likeness (QED) is 0.782. The summed E-state index contributed by atoms with van der Waals surface area (Å²) in [6.45, 7) is 4.26. The Morgan fingerprint density at radius 1 is 1.33 bits per heavy atom. The van der Waals surface area contributed by atoms with Gasteiger partial charge in [0.15, 0.2) is 0 Å². The lowest BCUT2D eigenvalue weighted by Crippen LogP contribution is -2.25. The molecule has 2 aromatic rings. The summed E-state index contributed by atoms with van der Waals surface area (Å²) in [5, 5.41) is 0. The molecule has 0 bridgehead atoms. The number of nitrogens with zero attached hydrogens (tertiary/aromatic N) is 4. The molecule has 0 N–H and O–H groups in total. The predicted octanol–water partition coefficient (Wildman–Crippen LogP) is 2.36. The van der Waals surface area contributed by atoms with Gasteiger partial charge in [-0.3, -0.25) is 9.88 Å². The Balaban J connectivity index is 1.79. The molecule has 0 aliphatic carbocycles. The van der Waals surface area contributed by atoms with E-state index in [4.69, 9.17) is 0 Å². The van der Waals surface area contributed by atoms with Gasteiger partial charge < -0.3 is 4.57 Å². The van der Waals surface area contributed by atoms with E-state index < -0.39 is 0 Å². The molecule has 0 unspecified atom stereocenters. The van der Waals surface area contributed by atoms with Crippen LogP contribution >= 0.6 is 0 Å². The number of aryl methyl sites for hydroxylation is 1. The molecule has 2 rings (SSSR count). The Morgan fingerprint density at radius 2 is 2.22 bits per heavy atom. The van der Waals surface area contributed by atoms with Crippen LogP contribution in [-0.2, 0) is 6.54 Å². The highest BCUT2D eigenvalue weighted by molar-refractivity contribution is 5.07. The van der Waals surface area contributed by atoms with Crippen LogP contribution in [0.2, 0.25) is 0 Å². The Morgan fingerprint density at radius 3 is 2.89 bits per heavy atom. The molecule has 0 aliphatic rings. The van der Waals surface area contributed by atoms with E-state index in [9.17, 15) is 0 Å². The van der Waals surface area contributed by atoms with Crippen LogP contribution < -0.4 is 0 Å². The van der Waals surface area contributed by atoms with E-state index in [1.54, 1.807) is 0 Å². The largest absolute Gasteiger partial charge is 0.337 e. The summed E-state index contributed by atoms with van der Waals surface area (Å²) in [5.74, 6) is 0. The molecule has 0 aromatic carbocycles. The molecule has 0 fully saturated rings. The van der Waals surface area contributed by atoms with Gasteiger partial charge >= 0.3 is 0 Å². The third-order valence-electron chi connectivity index (χ3n) is 3.26. The van der Waals surface area contributed by atoms with Crippen molar-refractivity contribution in [1.29, 1.82) is 0 Å². The van der Waals surface area contributed by atoms with Crippen LogP contribution in [0.4, 0.5) is 0 Å². The van der Waals surface area contributed by atoms with Crippen molar-refractivity contribution in [2.24, 2.45) is 0 Å². The molecule has 2 heterocycles. The summed E-state index contributed by atoms with van der Waals surface area (Å²) >= 11 is 0. The second-order valence-electron chi connectivity index (χ2n) is 4.57. The van der Waals surface area contributed by atoms with Crippen molar-refractivity contribution in [2.45, 2.75) is 25.9 Å². The zero-order chi connectivity index (χ0) is 12.8. The molecule has 1 atom stereocenters. The van der Waals surface area contributed by atoms with E-state index >= 15 is 0 Å². The lowest BCUT2D eigenvalue weighted by atomic mass is 10.2. The molecule has 96 valence electrons. The highest BCUT2D eigenvalue weighted by atomic mass is 15.1. The first-order valence-corrected chi connectivity index (χ1v) is 6.34. The molecule has 2 aromatic heterocycles. The van der Waals surface area contributed by atoms with Gasteiger partial charge in [-0.15, -0.1) is 0 Å². The molecule has 4 nitrogen and oxygen atoms in total. The summed E-state index contributed by atoms with van der Waals surface area (Å²) in [7, 11) is 2.15. The fraction of sp³-hybridized carbons (Fsp3) is 0.429. The summed E-state index contributed by atoms with van der Waals surface area (Å²) in [4.78, 5) is 10.8. The SMILES string of the molecule is C[C@@H](c1ccccn1)N(C)CCCn1ccnc1. The summed E-state index contributed by atoms with van der Waals surface area (Å²) in [6, 6.07) is 6.43. The first-order valence-electron chi connectivity index (χ1n) is 6.34. The topological polar surface area (TPSA) is 34.0 Å². The number of pyridine rings is 1. The van der Waals surface area contributed by atoms with Crippen LogP contribution in [0.3, 0.4) is 0 Å². The molecule has 0 amide bonds. The lowest BCUT2D eigenvalue weighted by Gasteiger charge is -2.24. The minimum Gasteiger partial charge on any atom is -0.337 e. The average molecular weight is 244 g/mol. The van der Waals surface area contributed by atoms with Gasteiger partial charge in [-0.1, -0.05) is 6.07 Å². The number of rotatable bonds is 6. The Bertz CT molecular complexity index is 438. The van der Waals surface area contributed by atoms with Crippen molar-refractivity contribution in [3.05, 3.63) is 48.8 Å². The van der Waals surface area contributed by atoms with E-state index in [0.717, 1.165) is 25.2 Å². The van der Waals surface area contributed by atoms with Gasteiger partial charge in [0.1, 0.15) is 0 Å². The molecule has 0 radical (unpaired) electrons. The highest BCUT2D eigenvalue weighted by Crippen LogP contribution is 2.15. The summed E-state index contributed by atoms with van der Waals surface area (Å²) in [6.07, 6.45) is 8.65. The normalized spacial score (nSPS) is 12.8. The van der Waals surface area contributed by atoms with Crippen LogP contribution in [0.15, 0.2) is 43.1 Å². The van der Waals surface area contributed by atoms with Crippen LogP contribution in [-0.4, -0.2) is 33.0 Å². The highest BCUT2D eigenvalue weighted by Gasteiger charge is 2.11. The summed E-state index contributed by atoms with van der Waals surface area (Å²) < 4.78 is 2.11. The Labute approximate surface area is 108 Å². The minimum atomic E-state index is 0.356. The monoisotopic (exact) mass is 244 g/mol. The predicted molar refractivity (Wildman–Crippen MR) is 72.1 cm³/mol. The van der Waals surface area contributed by atoms with E-state index in [-0.39, 0.29) is 0 Å². The summed E-state index contributed by atoms with van der Waals surface area (Å²) in [5.41, 5.74) is 1.13. The molecule has 0 spiro atoms. The second kappa shape index (κ2) is 6.31. The van der Waals surface area contributed by atoms with Crippen LogP contribution in [0.1, 0.15) is 25.1 Å². The zero-order valence-corrected chi connectivity index (χ0v) is 11.0. The second-order valence-corrected chi connectivity index (χ2v) is 4.57.